The molecule has 2 aromatic carbocycles. The van der Waals surface area contributed by atoms with Gasteiger partial charge in [-0.05, 0) is 42.8 Å². The number of carbonyl (C=O) groups is 1. The van der Waals surface area contributed by atoms with E-state index in [0.29, 0.717) is 37.5 Å². The molecular weight excluding hydrogens is 455 g/mol. The Morgan fingerprint density at radius 3 is 2.66 bits per heavy atom. The molecule has 0 saturated heterocycles. The Hall–Kier alpha value is -1.93. The van der Waals surface area contributed by atoms with Crippen LogP contribution in [0.15, 0.2) is 41.6 Å². The van der Waals surface area contributed by atoms with E-state index >= 15 is 0 Å². The lowest BCUT2D eigenvalue weighted by molar-refractivity contribution is -0.113. The molecule has 6 nitrogen and oxygen atoms in total. The fourth-order valence-corrected chi connectivity index (χ4v) is 3.70. The van der Waals surface area contributed by atoms with Gasteiger partial charge in [-0.1, -0.05) is 52.6 Å². The van der Waals surface area contributed by atoms with Crippen LogP contribution in [0.25, 0.3) is 0 Å². The monoisotopic (exact) mass is 470 g/mol. The first-order valence-corrected chi connectivity index (χ1v) is 10.6. The highest BCUT2D eigenvalue weighted by molar-refractivity contribution is 7.99. The molecule has 0 fully saturated rings. The molecule has 0 unspecified atom stereocenters. The van der Waals surface area contributed by atoms with E-state index in [1.54, 1.807) is 28.8 Å². The minimum Gasteiger partial charge on any atom is -0.484 e. The van der Waals surface area contributed by atoms with E-state index in [1.165, 1.54) is 11.8 Å². The summed E-state index contributed by atoms with van der Waals surface area (Å²) in [6, 6.07) is 10.4. The van der Waals surface area contributed by atoms with Crippen molar-refractivity contribution in [3.63, 3.8) is 0 Å². The first kappa shape index (κ1) is 21.8. The lowest BCUT2D eigenvalue weighted by atomic mass is 10.2. The van der Waals surface area contributed by atoms with Gasteiger partial charge in [-0.25, -0.2) is 0 Å². The average Bonchev–Trinajstić information content (AvgIpc) is 3.02. The minimum atomic E-state index is -0.163. The zero-order valence-corrected chi connectivity index (χ0v) is 18.7. The molecule has 0 aliphatic rings. The van der Waals surface area contributed by atoms with Crippen LogP contribution in [0.5, 0.6) is 5.75 Å². The number of halogens is 3. The number of aryl methyl sites for hydroxylation is 1. The highest BCUT2D eigenvalue weighted by Crippen LogP contribution is 2.28. The highest BCUT2D eigenvalue weighted by atomic mass is 35.5. The minimum absolute atomic E-state index is 0.163. The van der Waals surface area contributed by atoms with Crippen molar-refractivity contribution in [2.45, 2.75) is 18.7 Å². The SMILES string of the molecule is Cc1ccc(NC(=O)CSc2nnc(COc3ccc(Cl)cc3Cl)n2C)cc1Cl. The largest absolute Gasteiger partial charge is 0.484 e. The van der Waals surface area contributed by atoms with Gasteiger partial charge in [-0.15, -0.1) is 10.2 Å². The van der Waals surface area contributed by atoms with Gasteiger partial charge in [0.1, 0.15) is 12.4 Å². The Bertz CT molecular complexity index is 1040. The number of hydrogen-bond acceptors (Lipinski definition) is 5. The summed E-state index contributed by atoms with van der Waals surface area (Å²) < 4.78 is 7.45. The van der Waals surface area contributed by atoms with Crippen LogP contribution in [0, 0.1) is 6.92 Å². The third-order valence-corrected chi connectivity index (χ3v) is 5.92. The molecule has 1 amide bonds. The number of anilines is 1. The maximum Gasteiger partial charge on any atom is 0.234 e. The molecule has 1 N–H and O–H groups in total. The third kappa shape index (κ3) is 5.79. The average molecular weight is 472 g/mol. The van der Waals surface area contributed by atoms with Gasteiger partial charge in [-0.2, -0.15) is 0 Å². The van der Waals surface area contributed by atoms with E-state index in [0.717, 1.165) is 5.56 Å². The van der Waals surface area contributed by atoms with Crippen LogP contribution in [0.4, 0.5) is 5.69 Å². The third-order valence-electron chi connectivity index (χ3n) is 3.96. The summed E-state index contributed by atoms with van der Waals surface area (Å²) in [5.74, 6) is 1.12. The molecule has 0 saturated carbocycles. The molecule has 0 aliphatic heterocycles. The first-order valence-electron chi connectivity index (χ1n) is 8.48. The van der Waals surface area contributed by atoms with Crippen LogP contribution in [-0.2, 0) is 18.4 Å². The van der Waals surface area contributed by atoms with Gasteiger partial charge in [-0.3, -0.25) is 4.79 Å². The molecule has 10 heteroatoms. The van der Waals surface area contributed by atoms with Crippen LogP contribution in [0.3, 0.4) is 0 Å². The van der Waals surface area contributed by atoms with Gasteiger partial charge in [0, 0.05) is 22.8 Å². The summed E-state index contributed by atoms with van der Waals surface area (Å²) in [7, 11) is 1.81. The number of ether oxygens (including phenoxy) is 1. The van der Waals surface area contributed by atoms with Crippen LogP contribution in [0.1, 0.15) is 11.4 Å². The molecule has 152 valence electrons. The second-order valence-electron chi connectivity index (χ2n) is 6.12. The number of rotatable bonds is 7. The first-order chi connectivity index (χ1) is 13.8. The van der Waals surface area contributed by atoms with Crippen molar-refractivity contribution >= 4 is 58.2 Å². The maximum absolute atomic E-state index is 12.2. The van der Waals surface area contributed by atoms with Crippen molar-refractivity contribution < 1.29 is 9.53 Å². The van der Waals surface area contributed by atoms with Crippen molar-refractivity contribution in [3.8, 4) is 5.75 Å². The molecule has 0 atom stereocenters. The van der Waals surface area contributed by atoms with Crippen LogP contribution < -0.4 is 10.1 Å². The lowest BCUT2D eigenvalue weighted by Gasteiger charge is -2.08. The molecule has 1 heterocycles. The van der Waals surface area contributed by atoms with Crippen molar-refractivity contribution in [1.29, 1.82) is 0 Å². The number of carbonyl (C=O) groups excluding carboxylic acids is 1. The molecule has 3 rings (SSSR count). The Balaban J connectivity index is 1.55. The Labute approximate surface area is 187 Å². The normalized spacial score (nSPS) is 10.8. The van der Waals surface area contributed by atoms with Crippen LogP contribution >= 0.6 is 46.6 Å². The smallest absolute Gasteiger partial charge is 0.234 e. The van der Waals surface area contributed by atoms with Gasteiger partial charge in [0.15, 0.2) is 11.0 Å². The topological polar surface area (TPSA) is 69.0 Å². The second-order valence-corrected chi connectivity index (χ2v) is 8.32. The highest BCUT2D eigenvalue weighted by Gasteiger charge is 2.13. The number of aromatic nitrogens is 3. The van der Waals surface area contributed by atoms with E-state index in [2.05, 4.69) is 15.5 Å². The van der Waals surface area contributed by atoms with Crippen molar-refractivity contribution in [1.82, 2.24) is 14.8 Å². The van der Waals surface area contributed by atoms with Gasteiger partial charge in [0.2, 0.25) is 5.91 Å². The second kappa shape index (κ2) is 9.71. The lowest BCUT2D eigenvalue weighted by Crippen LogP contribution is -2.14. The van der Waals surface area contributed by atoms with Crippen LogP contribution in [-0.4, -0.2) is 26.4 Å². The number of thioether (sulfide) groups is 1. The number of benzene rings is 2. The fraction of sp³-hybridized carbons (Fsp3) is 0.211. The van der Waals surface area contributed by atoms with E-state index in [4.69, 9.17) is 39.5 Å². The Kier molecular flexibility index (Phi) is 7.29. The predicted octanol–water partition coefficient (Wildman–Crippen LogP) is 5.39. The molecule has 0 bridgehead atoms. The standard InChI is InChI=1S/C19H17Cl3N4O2S/c1-11-3-5-13(8-14(11)21)23-18(27)10-29-19-25-24-17(26(19)2)9-28-16-6-4-12(20)7-15(16)22/h3-8H,9-10H2,1-2H3,(H,23,27). The molecular formula is C19H17Cl3N4O2S. The Morgan fingerprint density at radius 2 is 1.93 bits per heavy atom. The summed E-state index contributed by atoms with van der Waals surface area (Å²) in [4.78, 5) is 12.2. The molecule has 1 aromatic heterocycles. The van der Waals surface area contributed by atoms with Crippen molar-refractivity contribution in [2.24, 2.45) is 7.05 Å². The summed E-state index contributed by atoms with van der Waals surface area (Å²) in [6.45, 7) is 2.08. The molecule has 29 heavy (non-hydrogen) atoms. The summed E-state index contributed by atoms with van der Waals surface area (Å²) in [6.07, 6.45) is 0. The van der Waals surface area contributed by atoms with Gasteiger partial charge >= 0.3 is 0 Å². The zero-order valence-electron chi connectivity index (χ0n) is 15.6. The predicted molar refractivity (Wildman–Crippen MR) is 117 cm³/mol. The molecule has 0 spiro atoms. The van der Waals surface area contributed by atoms with Crippen molar-refractivity contribution in [2.75, 3.05) is 11.1 Å². The number of amides is 1. The van der Waals surface area contributed by atoms with E-state index in [1.807, 2.05) is 26.1 Å². The van der Waals surface area contributed by atoms with Gasteiger partial charge in [0.05, 0.1) is 10.8 Å². The number of nitrogens with one attached hydrogen (secondary N) is 1. The van der Waals surface area contributed by atoms with E-state index < -0.39 is 0 Å². The zero-order chi connectivity index (χ0) is 21.0. The number of hydrogen-bond donors (Lipinski definition) is 1. The van der Waals surface area contributed by atoms with E-state index in [9.17, 15) is 4.79 Å². The summed E-state index contributed by atoms with van der Waals surface area (Å²) >= 11 is 19.3. The molecule has 0 radical (unpaired) electrons. The van der Waals surface area contributed by atoms with Gasteiger partial charge < -0.3 is 14.6 Å². The van der Waals surface area contributed by atoms with Crippen LogP contribution in [0.2, 0.25) is 15.1 Å². The van der Waals surface area contributed by atoms with Crippen molar-refractivity contribution in [3.05, 3.63) is 62.9 Å². The molecule has 3 aromatic rings. The van der Waals surface area contributed by atoms with E-state index in [-0.39, 0.29) is 18.3 Å². The quantitative estimate of drug-likeness (QED) is 0.468. The number of nitrogens with zero attached hydrogens (tertiary/aromatic N) is 3. The fourth-order valence-electron chi connectivity index (χ4n) is 2.33. The summed E-state index contributed by atoms with van der Waals surface area (Å²) in [5.41, 5.74) is 1.60. The summed E-state index contributed by atoms with van der Waals surface area (Å²) in [5, 5.41) is 13.2. The maximum atomic E-state index is 12.2. The Morgan fingerprint density at radius 1 is 1.14 bits per heavy atom. The van der Waals surface area contributed by atoms with Gasteiger partial charge in [0.25, 0.3) is 0 Å². The molecule has 0 aliphatic carbocycles.